The second-order valence-corrected chi connectivity index (χ2v) is 9.27. The van der Waals surface area contributed by atoms with Gasteiger partial charge in [-0.2, -0.15) is 0 Å². The SMILES string of the molecule is CCOC(=O)c1cc2cc(NS(=O)(=O)c3ccc(C(C)(C)C)cc3)ccc2[nH]1. The number of hydrogen-bond acceptors (Lipinski definition) is 4. The summed E-state index contributed by atoms with van der Waals surface area (Å²) in [6, 6.07) is 13.6. The first-order chi connectivity index (χ1) is 13.1. The number of carbonyl (C=O) groups is 1. The van der Waals surface area contributed by atoms with Crippen LogP contribution < -0.4 is 4.72 Å². The first kappa shape index (κ1) is 19.9. The third-order valence-corrected chi connectivity index (χ3v) is 5.80. The second-order valence-electron chi connectivity index (χ2n) is 7.59. The molecule has 7 heteroatoms. The van der Waals surface area contributed by atoms with Crippen molar-refractivity contribution in [3.63, 3.8) is 0 Å². The monoisotopic (exact) mass is 400 g/mol. The van der Waals surface area contributed by atoms with Gasteiger partial charge in [0.2, 0.25) is 0 Å². The van der Waals surface area contributed by atoms with Gasteiger partial charge < -0.3 is 9.72 Å². The molecule has 2 N–H and O–H groups in total. The lowest BCUT2D eigenvalue weighted by molar-refractivity contribution is 0.0520. The number of nitrogens with one attached hydrogen (secondary N) is 2. The van der Waals surface area contributed by atoms with Gasteiger partial charge in [-0.05, 0) is 54.3 Å². The average Bonchev–Trinajstić information content (AvgIpc) is 3.04. The molecule has 0 aliphatic carbocycles. The van der Waals surface area contributed by atoms with Crippen LogP contribution in [-0.2, 0) is 20.2 Å². The van der Waals surface area contributed by atoms with Crippen molar-refractivity contribution in [2.45, 2.75) is 38.0 Å². The van der Waals surface area contributed by atoms with Crippen molar-refractivity contribution in [3.8, 4) is 0 Å². The molecule has 2 aromatic carbocycles. The summed E-state index contributed by atoms with van der Waals surface area (Å²) in [5.41, 5.74) is 2.48. The molecule has 1 heterocycles. The van der Waals surface area contributed by atoms with Crippen LogP contribution in [0.25, 0.3) is 10.9 Å². The van der Waals surface area contributed by atoms with Crippen LogP contribution in [0.5, 0.6) is 0 Å². The van der Waals surface area contributed by atoms with Crippen molar-refractivity contribution in [1.29, 1.82) is 0 Å². The van der Waals surface area contributed by atoms with Crippen LogP contribution in [0, 0.1) is 0 Å². The molecule has 0 amide bonds. The molecule has 6 nitrogen and oxygen atoms in total. The van der Waals surface area contributed by atoms with Crippen LogP contribution in [-0.4, -0.2) is 26.0 Å². The quantitative estimate of drug-likeness (QED) is 0.620. The molecule has 0 spiro atoms. The van der Waals surface area contributed by atoms with Gasteiger partial charge in [-0.15, -0.1) is 0 Å². The highest BCUT2D eigenvalue weighted by Gasteiger charge is 2.18. The Balaban J connectivity index is 1.85. The van der Waals surface area contributed by atoms with Crippen molar-refractivity contribution < 1.29 is 17.9 Å². The molecule has 0 aliphatic rings. The largest absolute Gasteiger partial charge is 0.461 e. The van der Waals surface area contributed by atoms with Crippen molar-refractivity contribution in [1.82, 2.24) is 4.98 Å². The smallest absolute Gasteiger partial charge is 0.354 e. The van der Waals surface area contributed by atoms with Crippen molar-refractivity contribution in [3.05, 3.63) is 59.8 Å². The molecule has 148 valence electrons. The fourth-order valence-electron chi connectivity index (χ4n) is 2.86. The highest BCUT2D eigenvalue weighted by molar-refractivity contribution is 7.92. The summed E-state index contributed by atoms with van der Waals surface area (Å²) in [7, 11) is -3.71. The molecule has 28 heavy (non-hydrogen) atoms. The Morgan fingerprint density at radius 1 is 1.07 bits per heavy atom. The molecule has 0 radical (unpaired) electrons. The highest BCUT2D eigenvalue weighted by Crippen LogP contribution is 2.26. The number of ether oxygens (including phenoxy) is 1. The number of H-pyrrole nitrogens is 1. The summed E-state index contributed by atoms with van der Waals surface area (Å²) in [6.07, 6.45) is 0. The minimum Gasteiger partial charge on any atom is -0.461 e. The Hall–Kier alpha value is -2.80. The highest BCUT2D eigenvalue weighted by atomic mass is 32.2. The number of esters is 1. The van der Waals surface area contributed by atoms with Gasteiger partial charge in [0.1, 0.15) is 5.69 Å². The molecule has 0 aliphatic heterocycles. The van der Waals surface area contributed by atoms with Gasteiger partial charge in [0.15, 0.2) is 0 Å². The number of benzene rings is 2. The minimum absolute atomic E-state index is 0.0499. The Labute approximate surface area is 165 Å². The molecule has 0 fully saturated rings. The van der Waals surface area contributed by atoms with E-state index in [4.69, 9.17) is 4.74 Å². The van der Waals surface area contributed by atoms with Crippen LogP contribution in [0.1, 0.15) is 43.7 Å². The van der Waals surface area contributed by atoms with Crippen LogP contribution in [0.15, 0.2) is 53.4 Å². The molecule has 0 unspecified atom stereocenters. The maximum atomic E-state index is 12.7. The zero-order valence-corrected chi connectivity index (χ0v) is 17.2. The Morgan fingerprint density at radius 3 is 2.36 bits per heavy atom. The fourth-order valence-corrected chi connectivity index (χ4v) is 3.91. The zero-order chi connectivity index (χ0) is 20.5. The topological polar surface area (TPSA) is 88.3 Å². The number of fused-ring (bicyclic) bond motifs is 1. The molecule has 1 aromatic heterocycles. The standard InChI is InChI=1S/C21H24N2O4S/c1-5-27-20(24)19-13-14-12-16(8-11-18(14)22-19)23-28(25,26)17-9-6-15(7-10-17)21(2,3)4/h6-13,22-23H,5H2,1-4H3. The van der Waals surface area contributed by atoms with Crippen LogP contribution in [0.3, 0.4) is 0 Å². The van der Waals surface area contributed by atoms with Crippen molar-refractivity contribution in [2.24, 2.45) is 0 Å². The first-order valence-corrected chi connectivity index (χ1v) is 10.5. The van der Waals surface area contributed by atoms with Crippen LogP contribution in [0.2, 0.25) is 0 Å². The lowest BCUT2D eigenvalue weighted by Gasteiger charge is -2.19. The Kier molecular flexibility index (Phi) is 5.21. The Morgan fingerprint density at radius 2 is 1.75 bits per heavy atom. The first-order valence-electron chi connectivity index (χ1n) is 9.03. The van der Waals surface area contributed by atoms with Gasteiger partial charge in [0, 0.05) is 16.6 Å². The lowest BCUT2D eigenvalue weighted by Crippen LogP contribution is -2.14. The predicted molar refractivity (Wildman–Crippen MR) is 110 cm³/mol. The number of aromatic nitrogens is 1. The van der Waals surface area contributed by atoms with E-state index >= 15 is 0 Å². The van der Waals surface area contributed by atoms with E-state index in [1.807, 2.05) is 12.1 Å². The summed E-state index contributed by atoms with van der Waals surface area (Å²) in [4.78, 5) is 15.0. The van der Waals surface area contributed by atoms with Gasteiger partial charge >= 0.3 is 5.97 Å². The van der Waals surface area contributed by atoms with E-state index in [0.29, 0.717) is 16.8 Å². The summed E-state index contributed by atoms with van der Waals surface area (Å²) >= 11 is 0. The van der Waals surface area contributed by atoms with Crippen LogP contribution in [0.4, 0.5) is 5.69 Å². The van der Waals surface area contributed by atoms with E-state index in [0.717, 1.165) is 11.1 Å². The minimum atomic E-state index is -3.71. The van der Waals surface area contributed by atoms with Crippen molar-refractivity contribution >= 4 is 32.6 Å². The van der Waals surface area contributed by atoms with E-state index in [1.54, 1.807) is 43.3 Å². The van der Waals surface area contributed by atoms with Gasteiger partial charge in [0.05, 0.1) is 11.5 Å². The lowest BCUT2D eigenvalue weighted by atomic mass is 9.87. The number of rotatable bonds is 5. The molecule has 0 atom stereocenters. The molecular formula is C21H24N2O4S. The third kappa shape index (κ3) is 4.20. The summed E-state index contributed by atoms with van der Waals surface area (Å²) < 4.78 is 33.0. The fraction of sp³-hybridized carbons (Fsp3) is 0.286. The maximum Gasteiger partial charge on any atom is 0.354 e. The molecule has 3 rings (SSSR count). The zero-order valence-electron chi connectivity index (χ0n) is 16.4. The van der Waals surface area contributed by atoms with E-state index in [1.165, 1.54) is 0 Å². The third-order valence-electron chi connectivity index (χ3n) is 4.40. The summed E-state index contributed by atoms with van der Waals surface area (Å²) in [6.45, 7) is 8.25. The Bertz CT molecular complexity index is 1110. The van der Waals surface area contributed by atoms with Gasteiger partial charge in [-0.25, -0.2) is 13.2 Å². The molecular weight excluding hydrogens is 376 g/mol. The van der Waals surface area contributed by atoms with Gasteiger partial charge in [-0.1, -0.05) is 32.9 Å². The number of carbonyl (C=O) groups excluding carboxylic acids is 1. The number of aromatic amines is 1. The van der Waals surface area contributed by atoms with Crippen molar-refractivity contribution in [2.75, 3.05) is 11.3 Å². The second kappa shape index (κ2) is 7.31. The number of anilines is 1. The molecule has 0 saturated carbocycles. The summed E-state index contributed by atoms with van der Waals surface area (Å²) in [5.74, 6) is -0.445. The molecule has 0 bridgehead atoms. The number of sulfonamides is 1. The molecule has 3 aromatic rings. The predicted octanol–water partition coefficient (Wildman–Crippen LogP) is 4.44. The van der Waals surface area contributed by atoms with E-state index < -0.39 is 16.0 Å². The van der Waals surface area contributed by atoms with E-state index in [2.05, 4.69) is 30.5 Å². The normalized spacial score (nSPS) is 12.1. The van der Waals surface area contributed by atoms with Gasteiger partial charge in [-0.3, -0.25) is 4.72 Å². The van der Waals surface area contributed by atoms with E-state index in [9.17, 15) is 13.2 Å². The maximum absolute atomic E-state index is 12.7. The number of hydrogen-bond donors (Lipinski definition) is 2. The summed E-state index contributed by atoms with van der Waals surface area (Å²) in [5, 5.41) is 0.714. The average molecular weight is 401 g/mol. The molecule has 0 saturated heterocycles. The van der Waals surface area contributed by atoms with Gasteiger partial charge in [0.25, 0.3) is 10.0 Å². The van der Waals surface area contributed by atoms with Crippen LogP contribution >= 0.6 is 0 Å². The van der Waals surface area contributed by atoms with E-state index in [-0.39, 0.29) is 16.9 Å².